The van der Waals surface area contributed by atoms with Gasteiger partial charge in [0.2, 0.25) is 0 Å². The lowest BCUT2D eigenvalue weighted by Crippen LogP contribution is -2.40. The van der Waals surface area contributed by atoms with Gasteiger partial charge in [-0.05, 0) is 45.4 Å². The van der Waals surface area contributed by atoms with E-state index in [2.05, 4.69) is 16.9 Å². The molecule has 148 valence electrons. The number of fused-ring (bicyclic) bond motifs is 1. The molecule has 1 amide bonds. The smallest absolute Gasteiger partial charge is 0.258 e. The molecule has 0 spiro atoms. The average Bonchev–Trinajstić information content (AvgIpc) is 2.73. The van der Waals surface area contributed by atoms with Crippen molar-refractivity contribution in [1.82, 2.24) is 19.8 Å². The summed E-state index contributed by atoms with van der Waals surface area (Å²) in [5, 5.41) is 0. The van der Waals surface area contributed by atoms with Gasteiger partial charge in [0, 0.05) is 43.5 Å². The minimum Gasteiger partial charge on any atom is -0.493 e. The average molecular weight is 380 g/mol. The predicted molar refractivity (Wildman–Crippen MR) is 107 cm³/mol. The van der Waals surface area contributed by atoms with Gasteiger partial charge in [-0.2, -0.15) is 0 Å². The zero-order valence-electron chi connectivity index (χ0n) is 16.7. The van der Waals surface area contributed by atoms with Crippen molar-refractivity contribution in [2.45, 2.75) is 45.2 Å². The molecule has 6 nitrogen and oxygen atoms in total. The third kappa shape index (κ3) is 3.74. The van der Waals surface area contributed by atoms with Crippen LogP contribution in [0.2, 0.25) is 0 Å². The van der Waals surface area contributed by atoms with Crippen LogP contribution in [-0.2, 0) is 13.0 Å². The molecule has 0 N–H and O–H groups in total. The van der Waals surface area contributed by atoms with E-state index in [-0.39, 0.29) is 11.9 Å². The second-order valence-corrected chi connectivity index (χ2v) is 7.63. The SMILES string of the molecule is CCOc1ccccc1C(=O)N1CCCCC1c1ncc2c(n1)CCN(C)C2. The maximum Gasteiger partial charge on any atom is 0.258 e. The fourth-order valence-electron chi connectivity index (χ4n) is 4.16. The molecule has 1 atom stereocenters. The Bertz CT molecular complexity index is 854. The molecule has 6 heteroatoms. The van der Waals surface area contributed by atoms with Gasteiger partial charge in [-0.1, -0.05) is 12.1 Å². The highest BCUT2D eigenvalue weighted by atomic mass is 16.5. The van der Waals surface area contributed by atoms with Crippen LogP contribution in [0.15, 0.2) is 30.5 Å². The number of ether oxygens (including phenoxy) is 1. The second-order valence-electron chi connectivity index (χ2n) is 7.63. The maximum atomic E-state index is 13.4. The first-order valence-corrected chi connectivity index (χ1v) is 10.2. The summed E-state index contributed by atoms with van der Waals surface area (Å²) in [5.41, 5.74) is 2.96. The van der Waals surface area contributed by atoms with E-state index in [1.165, 1.54) is 5.56 Å². The molecule has 4 rings (SSSR count). The first-order valence-electron chi connectivity index (χ1n) is 10.2. The number of nitrogens with zero attached hydrogens (tertiary/aromatic N) is 4. The normalized spacial score (nSPS) is 19.9. The molecule has 0 radical (unpaired) electrons. The zero-order chi connectivity index (χ0) is 19.5. The van der Waals surface area contributed by atoms with Gasteiger partial charge in [0.05, 0.1) is 18.2 Å². The van der Waals surface area contributed by atoms with E-state index in [0.717, 1.165) is 56.8 Å². The lowest BCUT2D eigenvalue weighted by atomic mass is 9.99. The van der Waals surface area contributed by atoms with Crippen molar-refractivity contribution in [3.05, 3.63) is 53.1 Å². The molecule has 1 aromatic heterocycles. The lowest BCUT2D eigenvalue weighted by Gasteiger charge is -2.35. The molecule has 1 aromatic carbocycles. The van der Waals surface area contributed by atoms with Gasteiger partial charge in [0.1, 0.15) is 5.75 Å². The number of carbonyl (C=O) groups excluding carboxylic acids is 1. The Morgan fingerprint density at radius 2 is 2.11 bits per heavy atom. The Hall–Kier alpha value is -2.47. The van der Waals surface area contributed by atoms with E-state index in [1.807, 2.05) is 42.3 Å². The molecule has 3 heterocycles. The van der Waals surface area contributed by atoms with Crippen LogP contribution in [0.3, 0.4) is 0 Å². The summed E-state index contributed by atoms with van der Waals surface area (Å²) in [5.74, 6) is 1.44. The van der Waals surface area contributed by atoms with E-state index in [9.17, 15) is 4.79 Å². The summed E-state index contributed by atoms with van der Waals surface area (Å²) in [7, 11) is 2.12. The summed E-state index contributed by atoms with van der Waals surface area (Å²) >= 11 is 0. The van der Waals surface area contributed by atoms with E-state index in [1.54, 1.807) is 0 Å². The Balaban J connectivity index is 1.63. The van der Waals surface area contributed by atoms with Crippen molar-refractivity contribution in [2.24, 2.45) is 0 Å². The predicted octanol–water partition coefficient (Wildman–Crippen LogP) is 3.23. The van der Waals surface area contributed by atoms with Crippen LogP contribution < -0.4 is 4.74 Å². The fraction of sp³-hybridized carbons (Fsp3) is 0.500. The van der Waals surface area contributed by atoms with Crippen molar-refractivity contribution < 1.29 is 9.53 Å². The van der Waals surface area contributed by atoms with Gasteiger partial charge in [-0.25, -0.2) is 9.97 Å². The molecular formula is C22H28N4O2. The molecule has 2 aliphatic rings. The van der Waals surface area contributed by atoms with Gasteiger partial charge in [-0.3, -0.25) is 4.79 Å². The number of para-hydroxylation sites is 1. The van der Waals surface area contributed by atoms with Crippen LogP contribution in [0.1, 0.15) is 59.7 Å². The van der Waals surface area contributed by atoms with Gasteiger partial charge in [0.15, 0.2) is 5.82 Å². The summed E-state index contributed by atoms with van der Waals surface area (Å²) in [6.45, 7) is 5.11. The molecule has 0 aliphatic carbocycles. The molecule has 2 aromatic rings. The minimum atomic E-state index is -0.0686. The minimum absolute atomic E-state index is 0.00908. The van der Waals surface area contributed by atoms with E-state index in [4.69, 9.17) is 9.72 Å². The van der Waals surface area contributed by atoms with Gasteiger partial charge < -0.3 is 14.5 Å². The zero-order valence-corrected chi connectivity index (χ0v) is 16.7. The molecule has 1 saturated heterocycles. The van der Waals surface area contributed by atoms with Crippen LogP contribution in [0.5, 0.6) is 5.75 Å². The number of amides is 1. The van der Waals surface area contributed by atoms with Crippen LogP contribution in [0, 0.1) is 0 Å². The van der Waals surface area contributed by atoms with Crippen LogP contribution >= 0.6 is 0 Å². The largest absolute Gasteiger partial charge is 0.493 e. The van der Waals surface area contributed by atoms with Crippen molar-refractivity contribution >= 4 is 5.91 Å². The van der Waals surface area contributed by atoms with Gasteiger partial charge >= 0.3 is 0 Å². The lowest BCUT2D eigenvalue weighted by molar-refractivity contribution is 0.0595. The number of benzene rings is 1. The van der Waals surface area contributed by atoms with Crippen molar-refractivity contribution in [3.63, 3.8) is 0 Å². The third-order valence-electron chi connectivity index (χ3n) is 5.62. The standard InChI is InChI=1S/C22H28N4O2/c1-3-28-20-10-5-4-8-17(20)22(27)26-12-7-6-9-19(26)21-23-14-16-15-25(2)13-11-18(16)24-21/h4-5,8,10,14,19H,3,6-7,9,11-13,15H2,1-2H3. The molecule has 0 saturated carbocycles. The van der Waals surface area contributed by atoms with E-state index < -0.39 is 0 Å². The molecule has 1 fully saturated rings. The first kappa shape index (κ1) is 18.9. The van der Waals surface area contributed by atoms with E-state index >= 15 is 0 Å². The Morgan fingerprint density at radius 3 is 2.96 bits per heavy atom. The number of rotatable bonds is 4. The summed E-state index contributed by atoms with van der Waals surface area (Å²) in [6.07, 6.45) is 5.90. The fourth-order valence-corrected chi connectivity index (χ4v) is 4.16. The second kappa shape index (κ2) is 8.27. The molecule has 28 heavy (non-hydrogen) atoms. The van der Waals surface area contributed by atoms with Crippen molar-refractivity contribution in [1.29, 1.82) is 0 Å². The van der Waals surface area contributed by atoms with Crippen LogP contribution in [0.25, 0.3) is 0 Å². The Morgan fingerprint density at radius 1 is 1.25 bits per heavy atom. The topological polar surface area (TPSA) is 58.6 Å². The van der Waals surface area contributed by atoms with Gasteiger partial charge in [0.25, 0.3) is 5.91 Å². The van der Waals surface area contributed by atoms with Crippen LogP contribution in [-0.4, -0.2) is 52.4 Å². The Labute approximate surface area is 166 Å². The van der Waals surface area contributed by atoms with Crippen molar-refractivity contribution in [2.75, 3.05) is 26.7 Å². The number of aromatic nitrogens is 2. The number of hydrogen-bond acceptors (Lipinski definition) is 5. The maximum absolute atomic E-state index is 13.4. The summed E-state index contributed by atoms with van der Waals surface area (Å²) in [6, 6.07) is 7.44. The van der Waals surface area contributed by atoms with Crippen molar-refractivity contribution in [3.8, 4) is 5.75 Å². The highest BCUT2D eigenvalue weighted by Crippen LogP contribution is 2.32. The van der Waals surface area contributed by atoms with Crippen LogP contribution in [0.4, 0.5) is 0 Å². The number of likely N-dealkylation sites (tertiary alicyclic amines) is 1. The summed E-state index contributed by atoms with van der Waals surface area (Å²) in [4.78, 5) is 27.2. The first-order chi connectivity index (χ1) is 13.7. The molecule has 2 aliphatic heterocycles. The molecule has 1 unspecified atom stereocenters. The number of piperidine rings is 1. The molecular weight excluding hydrogens is 352 g/mol. The van der Waals surface area contributed by atoms with E-state index in [0.29, 0.717) is 17.9 Å². The highest BCUT2D eigenvalue weighted by molar-refractivity contribution is 5.97. The monoisotopic (exact) mass is 380 g/mol. The Kier molecular flexibility index (Phi) is 5.57. The highest BCUT2D eigenvalue weighted by Gasteiger charge is 2.32. The summed E-state index contributed by atoms with van der Waals surface area (Å²) < 4.78 is 5.69. The molecule has 0 bridgehead atoms. The van der Waals surface area contributed by atoms with Gasteiger partial charge in [-0.15, -0.1) is 0 Å². The number of likely N-dealkylation sites (N-methyl/N-ethyl adjacent to an activating group) is 1. The number of carbonyl (C=O) groups is 1. The quantitative estimate of drug-likeness (QED) is 0.815. The third-order valence-corrected chi connectivity index (χ3v) is 5.62. The number of hydrogen-bond donors (Lipinski definition) is 0.